The van der Waals surface area contributed by atoms with E-state index >= 15 is 0 Å². The Bertz CT molecular complexity index is 857. The van der Waals surface area contributed by atoms with Crippen LogP contribution in [0.25, 0.3) is 0 Å². The van der Waals surface area contributed by atoms with Gasteiger partial charge in [0.25, 0.3) is 11.6 Å². The minimum absolute atomic E-state index is 0.0255. The molecule has 0 fully saturated rings. The third-order valence-electron chi connectivity index (χ3n) is 3.54. The number of nitrogens with one attached hydrogen (secondary N) is 2. The highest BCUT2D eigenvalue weighted by Gasteiger charge is 2.14. The fourth-order valence-electron chi connectivity index (χ4n) is 2.17. The molecule has 2 rings (SSSR count). The largest absolute Gasteiger partial charge is 0.494 e. The predicted octanol–water partition coefficient (Wildman–Crippen LogP) is 2.76. The van der Waals surface area contributed by atoms with E-state index in [1.807, 2.05) is 0 Å². The van der Waals surface area contributed by atoms with Crippen LogP contribution in [-0.4, -0.2) is 43.4 Å². The normalized spacial score (nSPS) is 10.1. The summed E-state index contributed by atoms with van der Waals surface area (Å²) in [5.74, 6) is 0.426. The van der Waals surface area contributed by atoms with Gasteiger partial charge in [0.05, 0.1) is 30.4 Å². The van der Waals surface area contributed by atoms with Crippen LogP contribution in [0.15, 0.2) is 42.5 Å². The smallest absolute Gasteiger partial charge is 0.273 e. The highest BCUT2D eigenvalue weighted by Crippen LogP contribution is 2.28. The van der Waals surface area contributed by atoms with Crippen molar-refractivity contribution in [3.8, 4) is 11.5 Å². The molecule has 1 amide bonds. The molecule has 10 heteroatoms. The van der Waals surface area contributed by atoms with Crippen molar-refractivity contribution in [3.63, 3.8) is 0 Å². The van der Waals surface area contributed by atoms with Gasteiger partial charge in [0.1, 0.15) is 18.1 Å². The molecule has 28 heavy (non-hydrogen) atoms. The van der Waals surface area contributed by atoms with E-state index in [0.717, 1.165) is 0 Å². The molecule has 0 atom stereocenters. The molecular formula is C18H19N3O6S. The lowest BCUT2D eigenvalue weighted by Crippen LogP contribution is -2.34. The van der Waals surface area contributed by atoms with Crippen LogP contribution < -0.4 is 20.1 Å². The van der Waals surface area contributed by atoms with E-state index in [1.165, 1.54) is 25.3 Å². The highest BCUT2D eigenvalue weighted by molar-refractivity contribution is 7.80. The molecule has 0 heterocycles. The number of carbonyl (C=O) groups is 1. The summed E-state index contributed by atoms with van der Waals surface area (Å²) in [6.45, 7) is 0.876. The maximum absolute atomic E-state index is 12.3. The second kappa shape index (κ2) is 10.2. The molecule has 148 valence electrons. The van der Waals surface area contributed by atoms with Crippen molar-refractivity contribution in [3.05, 3.63) is 58.1 Å². The fraction of sp³-hybridized carbons (Fsp3) is 0.222. The number of benzene rings is 2. The van der Waals surface area contributed by atoms with E-state index < -0.39 is 10.8 Å². The van der Waals surface area contributed by atoms with E-state index in [1.54, 1.807) is 31.4 Å². The molecule has 0 aromatic heterocycles. The summed E-state index contributed by atoms with van der Waals surface area (Å²) in [7, 11) is 2.96. The first-order valence-corrected chi connectivity index (χ1v) is 8.52. The summed E-state index contributed by atoms with van der Waals surface area (Å²) < 4.78 is 15.5. The number of anilines is 1. The second-order valence-corrected chi connectivity index (χ2v) is 5.82. The van der Waals surface area contributed by atoms with E-state index in [0.29, 0.717) is 30.2 Å². The maximum Gasteiger partial charge on any atom is 0.273 e. The molecule has 0 aliphatic heterocycles. The van der Waals surface area contributed by atoms with E-state index in [9.17, 15) is 14.9 Å². The topological polar surface area (TPSA) is 112 Å². The average molecular weight is 405 g/mol. The molecular weight excluding hydrogens is 386 g/mol. The number of nitro benzene ring substituents is 1. The number of carbonyl (C=O) groups excluding carboxylic acids is 1. The van der Waals surface area contributed by atoms with Crippen molar-refractivity contribution in [2.45, 2.75) is 0 Å². The first kappa shape index (κ1) is 21.1. The number of amides is 1. The Balaban J connectivity index is 1.97. The molecule has 0 bridgehead atoms. The van der Waals surface area contributed by atoms with Gasteiger partial charge >= 0.3 is 0 Å². The van der Waals surface area contributed by atoms with Crippen molar-refractivity contribution in [2.24, 2.45) is 0 Å². The molecule has 0 saturated heterocycles. The number of hydrogen-bond acceptors (Lipinski definition) is 7. The maximum atomic E-state index is 12.3. The van der Waals surface area contributed by atoms with Crippen LogP contribution >= 0.6 is 12.2 Å². The van der Waals surface area contributed by atoms with Crippen LogP contribution in [0.5, 0.6) is 11.5 Å². The zero-order valence-corrected chi connectivity index (χ0v) is 16.1. The number of nitro groups is 1. The summed E-state index contributed by atoms with van der Waals surface area (Å²) in [6.07, 6.45) is 0. The summed E-state index contributed by atoms with van der Waals surface area (Å²) in [5.41, 5.74) is 0.657. The Morgan fingerprint density at radius 1 is 1.14 bits per heavy atom. The number of rotatable bonds is 8. The first-order valence-electron chi connectivity index (χ1n) is 8.11. The van der Waals surface area contributed by atoms with Gasteiger partial charge in [0.2, 0.25) is 0 Å². The molecule has 0 saturated carbocycles. The van der Waals surface area contributed by atoms with Gasteiger partial charge in [-0.25, -0.2) is 0 Å². The van der Waals surface area contributed by atoms with Crippen LogP contribution in [0.4, 0.5) is 11.4 Å². The standard InChI is InChI=1S/C18H19N3O6S/c1-25-9-10-27-14-6-3-12(4-7-14)17(22)20-18(28)19-15-8-5-13(21(23)24)11-16(15)26-2/h3-8,11H,9-10H2,1-2H3,(H2,19,20,22,28). The second-order valence-electron chi connectivity index (χ2n) is 5.42. The number of ether oxygens (including phenoxy) is 3. The minimum atomic E-state index is -0.533. The Kier molecular flexibility index (Phi) is 7.66. The lowest BCUT2D eigenvalue weighted by atomic mass is 10.2. The molecule has 0 aliphatic rings. The van der Waals surface area contributed by atoms with Crippen molar-refractivity contribution in [1.82, 2.24) is 5.32 Å². The molecule has 9 nitrogen and oxygen atoms in total. The highest BCUT2D eigenvalue weighted by atomic mass is 32.1. The average Bonchev–Trinajstić information content (AvgIpc) is 2.68. The van der Waals surface area contributed by atoms with Crippen LogP contribution in [0.2, 0.25) is 0 Å². The van der Waals surface area contributed by atoms with Gasteiger partial charge in [-0.05, 0) is 42.5 Å². The number of thiocarbonyl (C=S) groups is 1. The van der Waals surface area contributed by atoms with Crippen molar-refractivity contribution in [2.75, 3.05) is 32.8 Å². The summed E-state index contributed by atoms with van der Waals surface area (Å²) in [6, 6.07) is 10.5. The van der Waals surface area contributed by atoms with Gasteiger partial charge in [-0.3, -0.25) is 20.2 Å². The molecule has 2 aromatic carbocycles. The SMILES string of the molecule is COCCOc1ccc(C(=O)NC(=S)Nc2ccc([N+](=O)[O-])cc2OC)cc1. The molecule has 2 N–H and O–H groups in total. The van der Waals surface area contributed by atoms with Gasteiger partial charge < -0.3 is 19.5 Å². The van der Waals surface area contributed by atoms with Crippen LogP contribution in [0.3, 0.4) is 0 Å². The van der Waals surface area contributed by atoms with E-state index in [2.05, 4.69) is 10.6 Å². The first-order chi connectivity index (χ1) is 13.4. The van der Waals surface area contributed by atoms with Gasteiger partial charge in [0, 0.05) is 18.7 Å². The minimum Gasteiger partial charge on any atom is -0.494 e. The zero-order chi connectivity index (χ0) is 20.5. The molecule has 0 radical (unpaired) electrons. The summed E-state index contributed by atoms with van der Waals surface area (Å²) >= 11 is 5.13. The Morgan fingerprint density at radius 3 is 2.46 bits per heavy atom. The Labute approximate surface area is 166 Å². The molecule has 0 spiro atoms. The molecule has 2 aromatic rings. The van der Waals surface area contributed by atoms with Crippen LogP contribution in [0.1, 0.15) is 10.4 Å². The third kappa shape index (κ3) is 5.89. The lowest BCUT2D eigenvalue weighted by molar-refractivity contribution is -0.384. The monoisotopic (exact) mass is 405 g/mol. The molecule has 0 aliphatic carbocycles. The number of methoxy groups -OCH3 is 2. The fourth-order valence-corrected chi connectivity index (χ4v) is 2.37. The molecule has 0 unspecified atom stereocenters. The van der Waals surface area contributed by atoms with Crippen molar-refractivity contribution >= 4 is 34.6 Å². The quantitative estimate of drug-likeness (QED) is 0.298. The van der Waals surface area contributed by atoms with Gasteiger partial charge in [0.15, 0.2) is 5.11 Å². The third-order valence-corrected chi connectivity index (χ3v) is 3.75. The summed E-state index contributed by atoms with van der Waals surface area (Å²) in [4.78, 5) is 22.6. The number of non-ortho nitro benzene ring substituents is 1. The van der Waals surface area contributed by atoms with Crippen molar-refractivity contribution < 1.29 is 23.9 Å². The van der Waals surface area contributed by atoms with E-state index in [-0.39, 0.29) is 16.5 Å². The van der Waals surface area contributed by atoms with Crippen molar-refractivity contribution in [1.29, 1.82) is 0 Å². The zero-order valence-electron chi connectivity index (χ0n) is 15.3. The van der Waals surface area contributed by atoms with Gasteiger partial charge in [-0.15, -0.1) is 0 Å². The Morgan fingerprint density at radius 2 is 1.86 bits per heavy atom. The van der Waals surface area contributed by atoms with Crippen LogP contribution in [-0.2, 0) is 4.74 Å². The summed E-state index contributed by atoms with van der Waals surface area (Å²) in [5, 5.41) is 16.2. The lowest BCUT2D eigenvalue weighted by Gasteiger charge is -2.13. The Hall–Kier alpha value is -3.24. The predicted molar refractivity (Wildman–Crippen MR) is 107 cm³/mol. The van der Waals surface area contributed by atoms with Gasteiger partial charge in [-0.2, -0.15) is 0 Å². The van der Waals surface area contributed by atoms with Gasteiger partial charge in [-0.1, -0.05) is 0 Å². The number of nitrogens with zero attached hydrogens (tertiary/aromatic N) is 1. The van der Waals surface area contributed by atoms with E-state index in [4.69, 9.17) is 26.4 Å². The number of hydrogen-bond donors (Lipinski definition) is 2. The van der Waals surface area contributed by atoms with Crippen LogP contribution in [0, 0.1) is 10.1 Å².